The number of allylic oxidation sites excluding steroid dienone is 1. The zero-order chi connectivity index (χ0) is 21.6. The Bertz CT molecular complexity index is 1010. The van der Waals surface area contributed by atoms with E-state index >= 15 is 0 Å². The van der Waals surface area contributed by atoms with Crippen molar-refractivity contribution in [2.45, 2.75) is 32.2 Å². The second kappa shape index (κ2) is 9.84. The third-order valence-electron chi connectivity index (χ3n) is 6.19. The van der Waals surface area contributed by atoms with Crippen LogP contribution in [0.1, 0.15) is 42.9 Å². The molecule has 1 aliphatic heterocycles. The van der Waals surface area contributed by atoms with Crippen LogP contribution in [0.15, 0.2) is 78.9 Å². The SMILES string of the molecule is CCC(=C(c1ccc(O)cc1)c1ccc(OCC2CCCN2C)cc1)c1ccccc1. The van der Waals surface area contributed by atoms with E-state index in [1.54, 1.807) is 12.1 Å². The molecule has 1 saturated heterocycles. The maximum Gasteiger partial charge on any atom is 0.119 e. The van der Waals surface area contributed by atoms with E-state index in [0.717, 1.165) is 36.4 Å². The largest absolute Gasteiger partial charge is 0.508 e. The maximum atomic E-state index is 9.79. The van der Waals surface area contributed by atoms with E-state index in [2.05, 4.69) is 67.4 Å². The Morgan fingerprint density at radius 2 is 1.55 bits per heavy atom. The molecule has 0 saturated carbocycles. The van der Waals surface area contributed by atoms with Crippen molar-refractivity contribution in [3.8, 4) is 11.5 Å². The first kappa shape index (κ1) is 21.2. The van der Waals surface area contributed by atoms with Crippen LogP contribution in [0.25, 0.3) is 11.1 Å². The van der Waals surface area contributed by atoms with Crippen molar-refractivity contribution in [1.29, 1.82) is 0 Å². The average molecular weight is 414 g/mol. The van der Waals surface area contributed by atoms with Crippen molar-refractivity contribution in [2.75, 3.05) is 20.2 Å². The van der Waals surface area contributed by atoms with Gasteiger partial charge >= 0.3 is 0 Å². The molecular formula is C28H31NO2. The third-order valence-corrected chi connectivity index (χ3v) is 6.19. The van der Waals surface area contributed by atoms with Crippen molar-refractivity contribution in [3.63, 3.8) is 0 Å². The number of aromatic hydroxyl groups is 1. The molecule has 1 fully saturated rings. The van der Waals surface area contributed by atoms with E-state index in [4.69, 9.17) is 4.74 Å². The van der Waals surface area contributed by atoms with Crippen LogP contribution < -0.4 is 4.74 Å². The highest BCUT2D eigenvalue weighted by atomic mass is 16.5. The van der Waals surface area contributed by atoms with Gasteiger partial charge in [-0.1, -0.05) is 61.5 Å². The molecule has 0 aromatic heterocycles. The van der Waals surface area contributed by atoms with Crippen LogP contribution in [0, 0.1) is 0 Å². The Kier molecular flexibility index (Phi) is 6.73. The minimum absolute atomic E-state index is 0.279. The van der Waals surface area contributed by atoms with Crippen molar-refractivity contribution in [1.82, 2.24) is 4.90 Å². The quantitative estimate of drug-likeness (QED) is 0.466. The fraction of sp³-hybridized carbons (Fsp3) is 0.286. The molecule has 3 aromatic rings. The summed E-state index contributed by atoms with van der Waals surface area (Å²) in [7, 11) is 2.18. The van der Waals surface area contributed by atoms with Gasteiger partial charge in [0.2, 0.25) is 0 Å². The summed E-state index contributed by atoms with van der Waals surface area (Å²) in [5.41, 5.74) is 5.94. The van der Waals surface area contributed by atoms with E-state index in [1.807, 2.05) is 18.2 Å². The lowest BCUT2D eigenvalue weighted by molar-refractivity contribution is 0.198. The molecule has 1 N–H and O–H groups in total. The fourth-order valence-electron chi connectivity index (χ4n) is 4.41. The highest BCUT2D eigenvalue weighted by Crippen LogP contribution is 2.35. The van der Waals surface area contributed by atoms with Crippen LogP contribution in [-0.4, -0.2) is 36.2 Å². The summed E-state index contributed by atoms with van der Waals surface area (Å²) in [4.78, 5) is 2.38. The number of likely N-dealkylation sites (N-methyl/N-ethyl adjacent to an activating group) is 1. The number of benzene rings is 3. The molecule has 3 aromatic carbocycles. The van der Waals surface area contributed by atoms with Gasteiger partial charge in [-0.2, -0.15) is 0 Å². The molecule has 1 heterocycles. The van der Waals surface area contributed by atoms with E-state index < -0.39 is 0 Å². The molecule has 0 spiro atoms. The lowest BCUT2D eigenvalue weighted by Gasteiger charge is -2.20. The number of phenolic OH excluding ortho intramolecular Hbond substituents is 1. The normalized spacial score (nSPS) is 17.4. The molecule has 0 radical (unpaired) electrons. The van der Waals surface area contributed by atoms with Gasteiger partial charge in [-0.05, 0) is 85.0 Å². The molecule has 160 valence electrons. The second-order valence-electron chi connectivity index (χ2n) is 8.23. The molecule has 31 heavy (non-hydrogen) atoms. The van der Waals surface area contributed by atoms with E-state index in [-0.39, 0.29) is 5.75 Å². The molecule has 0 amide bonds. The van der Waals surface area contributed by atoms with Gasteiger partial charge < -0.3 is 14.7 Å². The topological polar surface area (TPSA) is 32.7 Å². The Morgan fingerprint density at radius 1 is 0.903 bits per heavy atom. The molecular weight excluding hydrogens is 382 g/mol. The maximum absolute atomic E-state index is 9.79. The highest BCUT2D eigenvalue weighted by molar-refractivity contribution is 5.98. The average Bonchev–Trinajstić information content (AvgIpc) is 3.22. The van der Waals surface area contributed by atoms with E-state index in [9.17, 15) is 5.11 Å². The number of ether oxygens (including phenoxy) is 1. The first-order valence-corrected chi connectivity index (χ1v) is 11.2. The number of hydrogen-bond acceptors (Lipinski definition) is 3. The minimum Gasteiger partial charge on any atom is -0.508 e. The summed E-state index contributed by atoms with van der Waals surface area (Å²) < 4.78 is 6.10. The summed E-state index contributed by atoms with van der Waals surface area (Å²) in [6.45, 7) is 4.09. The first-order chi connectivity index (χ1) is 15.2. The number of rotatable bonds is 7. The van der Waals surface area contributed by atoms with E-state index in [0.29, 0.717) is 6.04 Å². The number of phenols is 1. The number of hydrogen-bond donors (Lipinski definition) is 1. The van der Waals surface area contributed by atoms with Gasteiger partial charge in [0.1, 0.15) is 18.1 Å². The fourth-order valence-corrected chi connectivity index (χ4v) is 4.41. The Hall–Kier alpha value is -3.04. The Labute approximate surface area is 185 Å². The number of likely N-dealkylation sites (tertiary alicyclic amines) is 1. The molecule has 4 rings (SSSR count). The van der Waals surface area contributed by atoms with Crippen molar-refractivity contribution >= 4 is 11.1 Å². The third kappa shape index (κ3) is 5.00. The van der Waals surface area contributed by atoms with Crippen LogP contribution >= 0.6 is 0 Å². The summed E-state index contributed by atoms with van der Waals surface area (Å²) in [6, 6.07) is 27.0. The zero-order valence-electron chi connectivity index (χ0n) is 18.4. The summed E-state index contributed by atoms with van der Waals surface area (Å²) in [5, 5.41) is 9.79. The molecule has 3 heteroatoms. The van der Waals surface area contributed by atoms with Gasteiger partial charge in [-0.3, -0.25) is 0 Å². The van der Waals surface area contributed by atoms with Crippen molar-refractivity contribution in [3.05, 3.63) is 95.6 Å². The first-order valence-electron chi connectivity index (χ1n) is 11.2. The van der Waals surface area contributed by atoms with Crippen LogP contribution in [0.4, 0.5) is 0 Å². The Morgan fingerprint density at radius 3 is 2.13 bits per heavy atom. The summed E-state index contributed by atoms with van der Waals surface area (Å²) >= 11 is 0. The van der Waals surface area contributed by atoms with E-state index in [1.165, 1.54) is 29.6 Å². The van der Waals surface area contributed by atoms with Gasteiger partial charge in [-0.25, -0.2) is 0 Å². The molecule has 3 nitrogen and oxygen atoms in total. The van der Waals surface area contributed by atoms with Gasteiger partial charge in [0.15, 0.2) is 0 Å². The lowest BCUT2D eigenvalue weighted by atomic mass is 9.88. The second-order valence-corrected chi connectivity index (χ2v) is 8.23. The van der Waals surface area contributed by atoms with Crippen molar-refractivity contribution < 1.29 is 9.84 Å². The zero-order valence-corrected chi connectivity index (χ0v) is 18.4. The van der Waals surface area contributed by atoms with Crippen LogP contribution in [-0.2, 0) is 0 Å². The summed E-state index contributed by atoms with van der Waals surface area (Å²) in [5.74, 6) is 1.19. The lowest BCUT2D eigenvalue weighted by Crippen LogP contribution is -2.30. The van der Waals surface area contributed by atoms with Crippen molar-refractivity contribution in [2.24, 2.45) is 0 Å². The van der Waals surface area contributed by atoms with Crippen LogP contribution in [0.5, 0.6) is 11.5 Å². The summed E-state index contributed by atoms with van der Waals surface area (Å²) in [6.07, 6.45) is 3.37. The highest BCUT2D eigenvalue weighted by Gasteiger charge is 2.21. The molecule has 1 unspecified atom stereocenters. The number of nitrogens with zero attached hydrogens (tertiary/aromatic N) is 1. The molecule has 1 atom stereocenters. The van der Waals surface area contributed by atoms with Gasteiger partial charge in [-0.15, -0.1) is 0 Å². The standard InChI is InChI=1S/C28H31NO2/c1-3-27(21-8-5-4-6-9-21)28(22-11-15-25(30)16-12-22)23-13-17-26(18-14-23)31-20-24-10-7-19-29(24)2/h4-6,8-9,11-18,24,30H,3,7,10,19-20H2,1-2H3. The van der Waals surface area contributed by atoms with Crippen LogP contribution in [0.2, 0.25) is 0 Å². The van der Waals surface area contributed by atoms with Gasteiger partial charge in [0.25, 0.3) is 0 Å². The molecule has 1 aliphatic rings. The molecule has 0 bridgehead atoms. The van der Waals surface area contributed by atoms with Gasteiger partial charge in [0.05, 0.1) is 0 Å². The van der Waals surface area contributed by atoms with Gasteiger partial charge in [0, 0.05) is 6.04 Å². The minimum atomic E-state index is 0.279. The predicted molar refractivity (Wildman–Crippen MR) is 128 cm³/mol. The Balaban J connectivity index is 1.67. The van der Waals surface area contributed by atoms with Crippen LogP contribution in [0.3, 0.4) is 0 Å². The smallest absolute Gasteiger partial charge is 0.119 e. The molecule has 0 aliphatic carbocycles. The predicted octanol–water partition coefficient (Wildman–Crippen LogP) is 6.23. The monoisotopic (exact) mass is 413 g/mol.